The summed E-state index contributed by atoms with van der Waals surface area (Å²) in [6, 6.07) is 17.4. The average molecular weight is 492 g/mol. The summed E-state index contributed by atoms with van der Waals surface area (Å²) in [5, 5.41) is 2.43. The van der Waals surface area contributed by atoms with Crippen molar-refractivity contribution in [2.24, 2.45) is 0 Å². The number of hydrogen-bond acceptors (Lipinski definition) is 7. The van der Waals surface area contributed by atoms with E-state index in [1.165, 1.54) is 13.2 Å². The Labute approximate surface area is 208 Å². The molecule has 0 bridgehead atoms. The van der Waals surface area contributed by atoms with Crippen LogP contribution in [0, 0.1) is 0 Å². The molecule has 10 heteroatoms. The smallest absolute Gasteiger partial charge is 0.406 e. The van der Waals surface area contributed by atoms with E-state index < -0.39 is 11.8 Å². The number of anilines is 2. The Morgan fingerprint density at radius 1 is 1.14 bits per heavy atom. The van der Waals surface area contributed by atoms with Crippen molar-refractivity contribution in [3.63, 3.8) is 0 Å². The third-order valence-electron chi connectivity index (χ3n) is 5.97. The molecule has 1 aromatic heterocycles. The lowest BCUT2D eigenvalue weighted by atomic mass is 10.1. The summed E-state index contributed by atoms with van der Waals surface area (Å²) in [6.07, 6.45) is 1.06. The zero-order valence-electron chi connectivity index (χ0n) is 20.3. The molecule has 0 fully saturated rings. The van der Waals surface area contributed by atoms with Crippen LogP contribution in [0.25, 0.3) is 0 Å². The van der Waals surface area contributed by atoms with E-state index in [-0.39, 0.29) is 18.6 Å². The van der Waals surface area contributed by atoms with Gasteiger partial charge in [0, 0.05) is 45.5 Å². The molecule has 0 spiro atoms. The molecular formula is C26H29N5O5. The number of fused-ring (bicyclic) bond motifs is 1. The molecule has 1 aliphatic heterocycles. The molecule has 188 valence electrons. The second-order valence-corrected chi connectivity index (χ2v) is 8.38. The SMILES string of the molecule is CNC(=O)OCCC(OCc1cccc(N2CCN(C)c3[nH]c(=O)ncc3C2=O)c1)c1ccccc1. The number of benzene rings is 2. The fourth-order valence-corrected chi connectivity index (χ4v) is 4.05. The van der Waals surface area contributed by atoms with Crippen LogP contribution in [0.4, 0.5) is 16.3 Å². The average Bonchev–Trinajstić information content (AvgIpc) is 3.02. The number of H-pyrrole nitrogens is 1. The summed E-state index contributed by atoms with van der Waals surface area (Å²) in [4.78, 5) is 46.4. The second-order valence-electron chi connectivity index (χ2n) is 8.38. The van der Waals surface area contributed by atoms with Crippen molar-refractivity contribution in [3.05, 3.63) is 88.0 Å². The molecule has 2 heterocycles. The molecule has 1 aliphatic rings. The molecule has 1 unspecified atom stereocenters. The summed E-state index contributed by atoms with van der Waals surface area (Å²) in [5.41, 5.74) is 2.46. The van der Waals surface area contributed by atoms with Crippen LogP contribution in [-0.2, 0) is 16.1 Å². The maximum absolute atomic E-state index is 13.3. The van der Waals surface area contributed by atoms with Crippen molar-refractivity contribution in [1.82, 2.24) is 15.3 Å². The van der Waals surface area contributed by atoms with Gasteiger partial charge in [0.25, 0.3) is 5.91 Å². The molecule has 2 aromatic carbocycles. The van der Waals surface area contributed by atoms with Crippen molar-refractivity contribution in [3.8, 4) is 0 Å². The van der Waals surface area contributed by atoms with Crippen LogP contribution in [0.2, 0.25) is 0 Å². The van der Waals surface area contributed by atoms with Gasteiger partial charge in [0.05, 0.1) is 24.9 Å². The number of alkyl carbamates (subject to hydrolysis) is 1. The number of amides is 2. The third kappa shape index (κ3) is 5.89. The molecule has 0 radical (unpaired) electrons. The third-order valence-corrected chi connectivity index (χ3v) is 5.97. The van der Waals surface area contributed by atoms with Crippen LogP contribution >= 0.6 is 0 Å². The molecule has 2 N–H and O–H groups in total. The normalized spacial score (nSPS) is 14.1. The molecule has 0 saturated heterocycles. The van der Waals surface area contributed by atoms with Gasteiger partial charge in [-0.25, -0.2) is 14.6 Å². The van der Waals surface area contributed by atoms with Gasteiger partial charge in [0.1, 0.15) is 5.82 Å². The highest BCUT2D eigenvalue weighted by atomic mass is 16.5. The number of rotatable bonds is 8. The minimum Gasteiger partial charge on any atom is -0.449 e. The summed E-state index contributed by atoms with van der Waals surface area (Å²) >= 11 is 0. The highest BCUT2D eigenvalue weighted by molar-refractivity contribution is 6.09. The van der Waals surface area contributed by atoms with E-state index in [4.69, 9.17) is 9.47 Å². The van der Waals surface area contributed by atoms with Crippen LogP contribution in [-0.4, -0.2) is 55.8 Å². The first-order chi connectivity index (χ1) is 17.5. The molecule has 2 amide bonds. The predicted octanol–water partition coefficient (Wildman–Crippen LogP) is 2.87. The quantitative estimate of drug-likeness (QED) is 0.498. The van der Waals surface area contributed by atoms with Gasteiger partial charge in [-0.2, -0.15) is 0 Å². The Kier molecular flexibility index (Phi) is 7.96. The maximum Gasteiger partial charge on any atom is 0.406 e. The van der Waals surface area contributed by atoms with Gasteiger partial charge in [0.15, 0.2) is 0 Å². The van der Waals surface area contributed by atoms with Crippen molar-refractivity contribution >= 4 is 23.5 Å². The van der Waals surface area contributed by atoms with Gasteiger partial charge in [-0.15, -0.1) is 0 Å². The minimum atomic E-state index is -0.491. The molecule has 36 heavy (non-hydrogen) atoms. The lowest BCUT2D eigenvalue weighted by Crippen LogP contribution is -2.33. The van der Waals surface area contributed by atoms with Gasteiger partial charge < -0.3 is 24.6 Å². The second kappa shape index (κ2) is 11.5. The summed E-state index contributed by atoms with van der Waals surface area (Å²) in [6.45, 7) is 1.51. The van der Waals surface area contributed by atoms with Crippen LogP contribution in [0.5, 0.6) is 0 Å². The number of aromatic nitrogens is 2. The van der Waals surface area contributed by atoms with Crippen LogP contribution in [0.1, 0.15) is 34.0 Å². The summed E-state index contributed by atoms with van der Waals surface area (Å²) in [5.74, 6) is 0.233. The monoisotopic (exact) mass is 491 g/mol. The van der Waals surface area contributed by atoms with Gasteiger partial charge in [-0.3, -0.25) is 9.78 Å². The number of carbonyl (C=O) groups excluding carboxylic acids is 2. The zero-order chi connectivity index (χ0) is 25.5. The zero-order valence-corrected chi connectivity index (χ0v) is 20.3. The van der Waals surface area contributed by atoms with Gasteiger partial charge >= 0.3 is 11.8 Å². The number of likely N-dealkylation sites (N-methyl/N-ethyl adjacent to an activating group) is 1. The first-order valence-electron chi connectivity index (χ1n) is 11.7. The Bertz CT molecular complexity index is 1260. The number of ether oxygens (including phenoxy) is 2. The molecule has 4 rings (SSSR count). The van der Waals surface area contributed by atoms with E-state index in [0.717, 1.165) is 16.8 Å². The van der Waals surface area contributed by atoms with Gasteiger partial charge in [0.2, 0.25) is 0 Å². The van der Waals surface area contributed by atoms with E-state index in [1.807, 2.05) is 66.5 Å². The molecule has 0 aliphatic carbocycles. The maximum atomic E-state index is 13.3. The number of carbonyl (C=O) groups is 2. The molecular weight excluding hydrogens is 462 g/mol. The van der Waals surface area contributed by atoms with Crippen LogP contribution in [0.15, 0.2) is 65.6 Å². The van der Waals surface area contributed by atoms with Crippen molar-refractivity contribution in [2.45, 2.75) is 19.1 Å². The van der Waals surface area contributed by atoms with Crippen LogP contribution < -0.4 is 20.8 Å². The van der Waals surface area contributed by atoms with E-state index in [0.29, 0.717) is 37.5 Å². The lowest BCUT2D eigenvalue weighted by molar-refractivity contribution is 0.0199. The number of nitrogens with zero attached hydrogens (tertiary/aromatic N) is 3. The molecule has 10 nitrogen and oxygen atoms in total. The number of nitrogens with one attached hydrogen (secondary N) is 2. The standard InChI is InChI=1S/C26H29N5O5/c1-27-26(34)35-14-11-22(19-8-4-3-5-9-19)36-17-18-7-6-10-20(15-18)31-13-12-30(2)23-21(24(31)32)16-28-25(33)29-23/h3-10,15-16,22H,11-14,17H2,1-2H3,(H,27,34)(H,28,29,33). The number of hydrogen-bond donors (Lipinski definition) is 2. The number of aromatic amines is 1. The fraction of sp³-hybridized carbons (Fsp3) is 0.308. The highest BCUT2D eigenvalue weighted by Crippen LogP contribution is 2.27. The van der Waals surface area contributed by atoms with Crippen molar-refractivity contribution < 1.29 is 19.1 Å². The Morgan fingerprint density at radius 2 is 1.94 bits per heavy atom. The lowest BCUT2D eigenvalue weighted by Gasteiger charge is -2.22. The van der Waals surface area contributed by atoms with E-state index in [9.17, 15) is 14.4 Å². The fourth-order valence-electron chi connectivity index (χ4n) is 4.05. The largest absolute Gasteiger partial charge is 0.449 e. The first-order valence-corrected chi connectivity index (χ1v) is 11.7. The Hall–Kier alpha value is -4.18. The van der Waals surface area contributed by atoms with Crippen LogP contribution in [0.3, 0.4) is 0 Å². The minimum absolute atomic E-state index is 0.213. The Morgan fingerprint density at radius 3 is 2.72 bits per heavy atom. The molecule has 3 aromatic rings. The van der Waals surface area contributed by atoms with E-state index >= 15 is 0 Å². The summed E-state index contributed by atoms with van der Waals surface area (Å²) < 4.78 is 11.4. The highest BCUT2D eigenvalue weighted by Gasteiger charge is 2.27. The van der Waals surface area contributed by atoms with E-state index in [2.05, 4.69) is 15.3 Å². The topological polar surface area (TPSA) is 117 Å². The Balaban J connectivity index is 1.49. The van der Waals surface area contributed by atoms with Gasteiger partial charge in [-0.05, 0) is 23.3 Å². The summed E-state index contributed by atoms with van der Waals surface area (Å²) in [7, 11) is 3.34. The van der Waals surface area contributed by atoms with Crippen molar-refractivity contribution in [1.29, 1.82) is 0 Å². The molecule has 0 saturated carbocycles. The van der Waals surface area contributed by atoms with Gasteiger partial charge in [-0.1, -0.05) is 42.5 Å². The van der Waals surface area contributed by atoms with Crippen molar-refractivity contribution in [2.75, 3.05) is 43.6 Å². The van der Waals surface area contributed by atoms with E-state index in [1.54, 1.807) is 4.90 Å². The predicted molar refractivity (Wildman–Crippen MR) is 135 cm³/mol. The molecule has 1 atom stereocenters. The first kappa shape index (κ1) is 24.9.